The first-order chi connectivity index (χ1) is 9.58. The SMILES string of the molecule is Cn1ncc2c1CCC[C@@H]2NC(=O)c1c(Br)cnn1C. The largest absolute Gasteiger partial charge is 0.344 e. The van der Waals surface area contributed by atoms with E-state index in [-0.39, 0.29) is 11.9 Å². The number of nitrogens with zero attached hydrogens (tertiary/aromatic N) is 4. The van der Waals surface area contributed by atoms with E-state index in [1.165, 1.54) is 5.69 Å². The van der Waals surface area contributed by atoms with Crippen LogP contribution in [-0.4, -0.2) is 25.5 Å². The van der Waals surface area contributed by atoms with Crippen LogP contribution in [0.2, 0.25) is 0 Å². The molecule has 1 aliphatic carbocycles. The van der Waals surface area contributed by atoms with Gasteiger partial charge in [0, 0.05) is 25.4 Å². The number of rotatable bonds is 2. The van der Waals surface area contributed by atoms with Crippen LogP contribution in [0.5, 0.6) is 0 Å². The number of aryl methyl sites for hydroxylation is 2. The van der Waals surface area contributed by atoms with Crippen LogP contribution in [0, 0.1) is 0 Å². The molecule has 2 heterocycles. The highest BCUT2D eigenvalue weighted by atomic mass is 79.9. The highest BCUT2D eigenvalue weighted by Gasteiger charge is 2.26. The summed E-state index contributed by atoms with van der Waals surface area (Å²) in [7, 11) is 3.71. The molecule has 20 heavy (non-hydrogen) atoms. The molecule has 6 nitrogen and oxygen atoms in total. The number of aromatic nitrogens is 4. The van der Waals surface area contributed by atoms with E-state index in [0.717, 1.165) is 24.8 Å². The maximum atomic E-state index is 12.4. The van der Waals surface area contributed by atoms with E-state index in [1.54, 1.807) is 17.9 Å². The molecule has 1 atom stereocenters. The molecule has 0 saturated carbocycles. The third-order valence-electron chi connectivity index (χ3n) is 3.79. The Bertz CT molecular complexity index is 640. The lowest BCUT2D eigenvalue weighted by atomic mass is 9.93. The van der Waals surface area contributed by atoms with Crippen molar-refractivity contribution in [3.8, 4) is 0 Å². The van der Waals surface area contributed by atoms with Crippen LogP contribution in [-0.2, 0) is 20.5 Å². The van der Waals surface area contributed by atoms with Gasteiger partial charge in [0.05, 0.1) is 22.9 Å². The summed E-state index contributed by atoms with van der Waals surface area (Å²) in [5, 5.41) is 11.5. The van der Waals surface area contributed by atoms with E-state index in [0.29, 0.717) is 10.2 Å². The zero-order valence-electron chi connectivity index (χ0n) is 11.4. The average Bonchev–Trinajstić information content (AvgIpc) is 2.95. The second-order valence-corrected chi connectivity index (χ2v) is 5.91. The highest BCUT2D eigenvalue weighted by molar-refractivity contribution is 9.10. The van der Waals surface area contributed by atoms with Gasteiger partial charge in [-0.25, -0.2) is 0 Å². The second kappa shape index (κ2) is 5.05. The Morgan fingerprint density at radius 1 is 1.35 bits per heavy atom. The van der Waals surface area contributed by atoms with Crippen molar-refractivity contribution in [1.82, 2.24) is 24.9 Å². The lowest BCUT2D eigenvalue weighted by Crippen LogP contribution is -2.32. The molecule has 1 N–H and O–H groups in total. The minimum Gasteiger partial charge on any atom is -0.344 e. The summed E-state index contributed by atoms with van der Waals surface area (Å²) < 4.78 is 4.18. The first kappa shape index (κ1) is 13.4. The van der Waals surface area contributed by atoms with Crippen molar-refractivity contribution >= 4 is 21.8 Å². The predicted octanol–water partition coefficient (Wildman–Crippen LogP) is 1.72. The Balaban J connectivity index is 1.84. The molecule has 0 unspecified atom stereocenters. The maximum absolute atomic E-state index is 12.4. The zero-order chi connectivity index (χ0) is 14.3. The molecule has 7 heteroatoms. The highest BCUT2D eigenvalue weighted by Crippen LogP contribution is 2.29. The summed E-state index contributed by atoms with van der Waals surface area (Å²) >= 11 is 3.36. The first-order valence-electron chi connectivity index (χ1n) is 6.57. The van der Waals surface area contributed by atoms with Gasteiger partial charge in [0.2, 0.25) is 0 Å². The van der Waals surface area contributed by atoms with Crippen molar-refractivity contribution in [3.05, 3.63) is 33.8 Å². The Labute approximate surface area is 125 Å². The van der Waals surface area contributed by atoms with E-state index in [1.807, 2.05) is 17.9 Å². The smallest absolute Gasteiger partial charge is 0.271 e. The normalized spacial score (nSPS) is 17.9. The number of carbonyl (C=O) groups excluding carboxylic acids is 1. The van der Waals surface area contributed by atoms with Gasteiger partial charge in [-0.1, -0.05) is 0 Å². The third-order valence-corrected chi connectivity index (χ3v) is 4.37. The van der Waals surface area contributed by atoms with Crippen molar-refractivity contribution in [2.45, 2.75) is 25.3 Å². The number of hydrogen-bond donors (Lipinski definition) is 1. The summed E-state index contributed by atoms with van der Waals surface area (Å²) in [5.41, 5.74) is 2.89. The minimum absolute atomic E-state index is 0.0294. The van der Waals surface area contributed by atoms with Crippen LogP contribution in [0.3, 0.4) is 0 Å². The molecule has 0 radical (unpaired) electrons. The quantitative estimate of drug-likeness (QED) is 0.907. The fourth-order valence-electron chi connectivity index (χ4n) is 2.75. The van der Waals surface area contributed by atoms with Gasteiger partial charge in [-0.2, -0.15) is 10.2 Å². The molecule has 3 rings (SSSR count). The summed E-state index contributed by atoms with van der Waals surface area (Å²) in [6.45, 7) is 0. The van der Waals surface area contributed by atoms with E-state index in [9.17, 15) is 4.79 Å². The maximum Gasteiger partial charge on any atom is 0.271 e. The van der Waals surface area contributed by atoms with Crippen LogP contribution in [0.25, 0.3) is 0 Å². The number of fused-ring (bicyclic) bond motifs is 1. The van der Waals surface area contributed by atoms with Gasteiger partial charge in [-0.15, -0.1) is 0 Å². The van der Waals surface area contributed by atoms with Crippen LogP contribution >= 0.6 is 15.9 Å². The number of nitrogens with one attached hydrogen (secondary N) is 1. The van der Waals surface area contributed by atoms with Crippen molar-refractivity contribution < 1.29 is 4.79 Å². The topological polar surface area (TPSA) is 64.7 Å². The minimum atomic E-state index is -0.112. The molecule has 0 bridgehead atoms. The van der Waals surface area contributed by atoms with Crippen LogP contribution < -0.4 is 5.32 Å². The van der Waals surface area contributed by atoms with Crippen molar-refractivity contribution in [2.24, 2.45) is 14.1 Å². The number of carbonyl (C=O) groups is 1. The Morgan fingerprint density at radius 2 is 2.10 bits per heavy atom. The van der Waals surface area contributed by atoms with Crippen molar-refractivity contribution in [3.63, 3.8) is 0 Å². The molecule has 2 aromatic rings. The molecule has 0 spiro atoms. The monoisotopic (exact) mass is 337 g/mol. The molecule has 1 amide bonds. The van der Waals surface area contributed by atoms with E-state index in [4.69, 9.17) is 0 Å². The number of amides is 1. The van der Waals surface area contributed by atoms with E-state index >= 15 is 0 Å². The van der Waals surface area contributed by atoms with Gasteiger partial charge in [-0.3, -0.25) is 14.2 Å². The second-order valence-electron chi connectivity index (χ2n) is 5.05. The average molecular weight is 338 g/mol. The van der Waals surface area contributed by atoms with E-state index in [2.05, 4.69) is 31.4 Å². The summed E-state index contributed by atoms with van der Waals surface area (Å²) in [5.74, 6) is -0.112. The Kier molecular flexibility index (Phi) is 3.37. The molecule has 0 aromatic carbocycles. The molecule has 0 aliphatic heterocycles. The summed E-state index contributed by atoms with van der Waals surface area (Å²) in [6.07, 6.45) is 6.51. The molecule has 106 valence electrons. The third kappa shape index (κ3) is 2.15. The van der Waals surface area contributed by atoms with Gasteiger partial charge in [0.15, 0.2) is 0 Å². The zero-order valence-corrected chi connectivity index (χ0v) is 13.0. The summed E-state index contributed by atoms with van der Waals surface area (Å²) in [6, 6.07) is 0.0294. The van der Waals surface area contributed by atoms with Crippen LogP contribution in [0.1, 0.15) is 40.6 Å². The predicted molar refractivity (Wildman–Crippen MR) is 77.3 cm³/mol. The fraction of sp³-hybridized carbons (Fsp3) is 0.462. The van der Waals surface area contributed by atoms with Crippen molar-refractivity contribution in [1.29, 1.82) is 0 Å². The van der Waals surface area contributed by atoms with Gasteiger partial charge in [0.25, 0.3) is 5.91 Å². The molecule has 1 aliphatic rings. The molecule has 0 fully saturated rings. The molecule has 0 saturated heterocycles. The van der Waals surface area contributed by atoms with Gasteiger partial charge in [0.1, 0.15) is 5.69 Å². The Morgan fingerprint density at radius 3 is 2.80 bits per heavy atom. The van der Waals surface area contributed by atoms with Crippen LogP contribution in [0.15, 0.2) is 16.9 Å². The molecular weight excluding hydrogens is 322 g/mol. The first-order valence-corrected chi connectivity index (χ1v) is 7.36. The van der Waals surface area contributed by atoms with Crippen molar-refractivity contribution in [2.75, 3.05) is 0 Å². The Hall–Kier alpha value is -1.63. The summed E-state index contributed by atoms with van der Waals surface area (Å²) in [4.78, 5) is 12.4. The number of hydrogen-bond acceptors (Lipinski definition) is 3. The van der Waals surface area contributed by atoms with E-state index < -0.39 is 0 Å². The standard InChI is InChI=1S/C13H16BrN5O/c1-18-11-5-3-4-10(8(11)6-15-18)17-13(20)12-9(14)7-16-19(12)2/h6-7,10H,3-5H2,1-2H3,(H,17,20)/t10-/m0/s1. The molecule has 2 aromatic heterocycles. The van der Waals surface area contributed by atoms with Gasteiger partial charge >= 0.3 is 0 Å². The lowest BCUT2D eigenvalue weighted by Gasteiger charge is -2.23. The fourth-order valence-corrected chi connectivity index (χ4v) is 3.28. The van der Waals surface area contributed by atoms with Crippen LogP contribution in [0.4, 0.5) is 0 Å². The number of halogens is 1. The van der Waals surface area contributed by atoms with Gasteiger partial charge in [-0.05, 0) is 35.2 Å². The lowest BCUT2D eigenvalue weighted by molar-refractivity contribution is 0.0922. The van der Waals surface area contributed by atoms with Gasteiger partial charge < -0.3 is 5.32 Å². The molecular formula is C13H16BrN5O.